The van der Waals surface area contributed by atoms with Crippen LogP contribution in [0.1, 0.15) is 23.1 Å². The van der Waals surface area contributed by atoms with E-state index in [0.29, 0.717) is 45.4 Å². The number of carbonyl (C=O) groups is 1. The molecule has 0 aliphatic carbocycles. The molecule has 2 aromatic rings. The van der Waals surface area contributed by atoms with Crippen molar-refractivity contribution < 1.29 is 19.0 Å². The smallest absolute Gasteiger partial charge is 0.263 e. The second kappa shape index (κ2) is 10.2. The molecule has 1 N–H and O–H groups in total. The van der Waals surface area contributed by atoms with E-state index in [-0.39, 0.29) is 5.91 Å². The first-order valence-corrected chi connectivity index (χ1v) is 10.9. The number of nitrogens with one attached hydrogen (secondary N) is 1. The third-order valence-electron chi connectivity index (χ3n) is 4.31. The minimum Gasteiger partial charge on any atom is -0.493 e. The molecule has 158 valence electrons. The molecule has 0 spiro atoms. The van der Waals surface area contributed by atoms with Gasteiger partial charge in [0.25, 0.3) is 5.91 Å². The minimum atomic E-state index is -0.218. The van der Waals surface area contributed by atoms with Crippen molar-refractivity contribution in [3.8, 4) is 17.2 Å². The SMILES string of the molecule is COc1cc(/C=C2\SC(=S)NC2=O)cc(Cl)c1OCCCOc1ccc(C)cc1C. The number of hydrogen-bond acceptors (Lipinski definition) is 6. The molecule has 30 heavy (non-hydrogen) atoms. The third kappa shape index (κ3) is 5.68. The zero-order valence-electron chi connectivity index (χ0n) is 16.9. The maximum Gasteiger partial charge on any atom is 0.263 e. The van der Waals surface area contributed by atoms with E-state index in [4.69, 9.17) is 38.0 Å². The molecule has 0 unspecified atom stereocenters. The van der Waals surface area contributed by atoms with Gasteiger partial charge in [-0.1, -0.05) is 53.3 Å². The number of hydrogen-bond donors (Lipinski definition) is 1. The Morgan fingerprint density at radius 3 is 2.57 bits per heavy atom. The number of ether oxygens (including phenoxy) is 3. The van der Waals surface area contributed by atoms with Gasteiger partial charge < -0.3 is 19.5 Å². The van der Waals surface area contributed by atoms with E-state index in [1.54, 1.807) is 25.3 Å². The predicted molar refractivity (Wildman–Crippen MR) is 126 cm³/mol. The maximum atomic E-state index is 11.8. The Morgan fingerprint density at radius 2 is 1.90 bits per heavy atom. The fourth-order valence-electron chi connectivity index (χ4n) is 2.91. The lowest BCUT2D eigenvalue weighted by Gasteiger charge is -2.14. The Kier molecular flexibility index (Phi) is 7.64. The lowest BCUT2D eigenvalue weighted by atomic mass is 10.1. The van der Waals surface area contributed by atoms with Gasteiger partial charge >= 0.3 is 0 Å². The average molecular weight is 464 g/mol. The van der Waals surface area contributed by atoms with Crippen molar-refractivity contribution in [1.82, 2.24) is 5.32 Å². The number of halogens is 1. The van der Waals surface area contributed by atoms with Gasteiger partial charge in [-0.3, -0.25) is 4.79 Å². The second-order valence-corrected chi connectivity index (χ2v) is 8.83. The summed E-state index contributed by atoms with van der Waals surface area (Å²) in [6, 6.07) is 9.60. The largest absolute Gasteiger partial charge is 0.493 e. The highest BCUT2D eigenvalue weighted by Gasteiger charge is 2.22. The van der Waals surface area contributed by atoms with Gasteiger partial charge in [0.05, 0.1) is 30.3 Å². The molecule has 2 aromatic carbocycles. The Hall–Kier alpha value is -2.22. The normalized spacial score (nSPS) is 14.7. The lowest BCUT2D eigenvalue weighted by Crippen LogP contribution is -2.17. The topological polar surface area (TPSA) is 56.8 Å². The quantitative estimate of drug-likeness (QED) is 0.325. The Morgan fingerprint density at radius 1 is 1.13 bits per heavy atom. The van der Waals surface area contributed by atoms with E-state index in [0.717, 1.165) is 16.9 Å². The molecular formula is C22H22ClNO4S2. The Bertz CT molecular complexity index is 1010. The number of benzene rings is 2. The molecule has 1 aliphatic heterocycles. The molecule has 3 rings (SSSR count). The molecule has 0 aromatic heterocycles. The van der Waals surface area contributed by atoms with E-state index in [2.05, 4.69) is 18.3 Å². The summed E-state index contributed by atoms with van der Waals surface area (Å²) in [5, 5.41) is 2.99. The molecule has 0 atom stereocenters. The highest BCUT2D eigenvalue weighted by atomic mass is 35.5. The number of methoxy groups -OCH3 is 1. The van der Waals surface area contributed by atoms with E-state index in [9.17, 15) is 4.79 Å². The summed E-state index contributed by atoms with van der Waals surface area (Å²) < 4.78 is 17.5. The zero-order valence-corrected chi connectivity index (χ0v) is 19.3. The fraction of sp³-hybridized carbons (Fsp3) is 0.273. The number of rotatable bonds is 8. The Balaban J connectivity index is 1.60. The summed E-state index contributed by atoms with van der Waals surface area (Å²) in [4.78, 5) is 12.4. The fourth-order valence-corrected chi connectivity index (χ4v) is 4.23. The molecule has 1 amide bonds. The van der Waals surface area contributed by atoms with E-state index in [1.807, 2.05) is 19.1 Å². The van der Waals surface area contributed by atoms with Crippen LogP contribution in [-0.4, -0.2) is 30.6 Å². The van der Waals surface area contributed by atoms with Crippen molar-refractivity contribution in [1.29, 1.82) is 0 Å². The molecule has 1 heterocycles. The molecule has 0 radical (unpaired) electrons. The number of aryl methyl sites for hydroxylation is 2. The van der Waals surface area contributed by atoms with Gasteiger partial charge in [-0.25, -0.2) is 0 Å². The monoisotopic (exact) mass is 463 g/mol. The summed E-state index contributed by atoms with van der Waals surface area (Å²) in [5.74, 6) is 1.62. The van der Waals surface area contributed by atoms with Crippen LogP contribution in [0.4, 0.5) is 0 Å². The third-order valence-corrected chi connectivity index (χ3v) is 5.76. The molecule has 1 aliphatic rings. The Labute approximate surface area is 190 Å². The molecule has 1 fully saturated rings. The molecule has 5 nitrogen and oxygen atoms in total. The number of amides is 1. The summed E-state index contributed by atoms with van der Waals surface area (Å²) in [7, 11) is 1.55. The maximum absolute atomic E-state index is 11.8. The summed E-state index contributed by atoms with van der Waals surface area (Å²) >= 11 is 12.6. The van der Waals surface area contributed by atoms with Crippen molar-refractivity contribution >= 4 is 51.9 Å². The van der Waals surface area contributed by atoms with Crippen molar-refractivity contribution in [3.05, 3.63) is 56.9 Å². The highest BCUT2D eigenvalue weighted by Crippen LogP contribution is 2.38. The van der Waals surface area contributed by atoms with Crippen LogP contribution in [0, 0.1) is 13.8 Å². The van der Waals surface area contributed by atoms with E-state index in [1.165, 1.54) is 17.3 Å². The number of thioether (sulfide) groups is 1. The summed E-state index contributed by atoms with van der Waals surface area (Å²) in [5.41, 5.74) is 3.05. The van der Waals surface area contributed by atoms with Crippen LogP contribution < -0.4 is 19.5 Å². The zero-order chi connectivity index (χ0) is 21.7. The molecule has 0 bridgehead atoms. The van der Waals surface area contributed by atoms with Gasteiger partial charge in [0, 0.05) is 6.42 Å². The van der Waals surface area contributed by atoms with Gasteiger partial charge in [0.15, 0.2) is 11.5 Å². The van der Waals surface area contributed by atoms with Crippen molar-refractivity contribution in [2.24, 2.45) is 0 Å². The molecule has 0 saturated carbocycles. The number of carbonyl (C=O) groups excluding carboxylic acids is 1. The molecule has 1 saturated heterocycles. The minimum absolute atomic E-state index is 0.218. The van der Waals surface area contributed by atoms with Gasteiger partial charge in [0.1, 0.15) is 10.1 Å². The van der Waals surface area contributed by atoms with Crippen LogP contribution >= 0.6 is 35.6 Å². The van der Waals surface area contributed by atoms with Crippen LogP contribution in [0.15, 0.2) is 35.2 Å². The van der Waals surface area contributed by atoms with Gasteiger partial charge in [-0.05, 0) is 49.2 Å². The van der Waals surface area contributed by atoms with Crippen LogP contribution in [0.2, 0.25) is 5.02 Å². The van der Waals surface area contributed by atoms with Crippen molar-refractivity contribution in [2.75, 3.05) is 20.3 Å². The van der Waals surface area contributed by atoms with E-state index >= 15 is 0 Å². The highest BCUT2D eigenvalue weighted by molar-refractivity contribution is 8.26. The van der Waals surface area contributed by atoms with Gasteiger partial charge in [-0.2, -0.15) is 0 Å². The van der Waals surface area contributed by atoms with Crippen LogP contribution in [0.25, 0.3) is 6.08 Å². The van der Waals surface area contributed by atoms with Gasteiger partial charge in [-0.15, -0.1) is 0 Å². The molecule has 8 heteroatoms. The van der Waals surface area contributed by atoms with Crippen LogP contribution in [0.5, 0.6) is 17.2 Å². The van der Waals surface area contributed by atoms with Gasteiger partial charge in [0.2, 0.25) is 0 Å². The van der Waals surface area contributed by atoms with Crippen LogP contribution in [0.3, 0.4) is 0 Å². The first-order valence-electron chi connectivity index (χ1n) is 9.32. The van der Waals surface area contributed by atoms with Crippen molar-refractivity contribution in [3.63, 3.8) is 0 Å². The average Bonchev–Trinajstić information content (AvgIpc) is 3.00. The second-order valence-electron chi connectivity index (χ2n) is 6.71. The first-order chi connectivity index (χ1) is 14.4. The first kappa shape index (κ1) is 22.5. The standard InChI is InChI=1S/C22H22ClNO4S2/c1-13-5-6-17(14(2)9-13)27-7-4-8-28-20-16(23)10-15(11-18(20)26-3)12-19-21(25)24-22(29)30-19/h5-6,9-12H,4,7-8H2,1-3H3,(H,24,25,29)/b19-12-. The summed E-state index contributed by atoms with van der Waals surface area (Å²) in [6.07, 6.45) is 2.40. The number of thiocarbonyl (C=S) groups is 1. The predicted octanol–water partition coefficient (Wildman–Crippen LogP) is 5.30. The van der Waals surface area contributed by atoms with E-state index < -0.39 is 0 Å². The van der Waals surface area contributed by atoms with Crippen molar-refractivity contribution in [2.45, 2.75) is 20.3 Å². The lowest BCUT2D eigenvalue weighted by molar-refractivity contribution is -0.115. The van der Waals surface area contributed by atoms with Crippen LogP contribution in [-0.2, 0) is 4.79 Å². The molecular weight excluding hydrogens is 442 g/mol. The summed E-state index contributed by atoms with van der Waals surface area (Å²) in [6.45, 7) is 5.04.